The van der Waals surface area contributed by atoms with Crippen molar-refractivity contribution in [3.63, 3.8) is 0 Å². The molecule has 1 aliphatic rings. The number of carbonyl (C=O) groups is 1. The lowest BCUT2D eigenvalue weighted by atomic mass is 9.91. The molecule has 4 rings (SSSR count). The van der Waals surface area contributed by atoms with Crippen LogP contribution in [0.1, 0.15) is 60.1 Å². The van der Waals surface area contributed by atoms with Gasteiger partial charge in [0.05, 0.1) is 23.1 Å². The molecule has 7 heteroatoms. The molecule has 0 atom stereocenters. The van der Waals surface area contributed by atoms with Gasteiger partial charge >= 0.3 is 0 Å². The second-order valence-electron chi connectivity index (χ2n) is 8.09. The molecule has 0 radical (unpaired) electrons. The van der Waals surface area contributed by atoms with E-state index in [1.807, 2.05) is 16.8 Å². The molecule has 1 saturated heterocycles. The molecule has 1 fully saturated rings. The third-order valence-electron chi connectivity index (χ3n) is 5.66. The smallest absolute Gasteiger partial charge is 0.259 e. The van der Waals surface area contributed by atoms with E-state index in [0.717, 1.165) is 37.3 Å². The van der Waals surface area contributed by atoms with Gasteiger partial charge in [0, 0.05) is 16.6 Å². The first-order chi connectivity index (χ1) is 14.5. The highest BCUT2D eigenvalue weighted by molar-refractivity contribution is 6.31. The fourth-order valence-corrected chi connectivity index (χ4v) is 4.18. The van der Waals surface area contributed by atoms with Gasteiger partial charge in [-0.1, -0.05) is 43.6 Å². The molecule has 31 heavy (non-hydrogen) atoms. The lowest BCUT2D eigenvalue weighted by Gasteiger charge is -2.25. The molecule has 0 saturated carbocycles. The standard InChI is InChI=1S/C24H27ClN4O.ClH/c1-16(2)17-6-8-21(9-7-17)29-23(18-10-12-26-13-11-18)22(15-27-29)24(30)28-20-5-3-4-19(25)14-20;/h3-9,14-16,18,26H,10-13H2,1-2H3,(H,28,30);1H. The Morgan fingerprint density at radius 1 is 1.16 bits per heavy atom. The Balaban J connectivity index is 0.00000272. The zero-order valence-electron chi connectivity index (χ0n) is 17.8. The molecular formula is C24H28Cl2N4O. The normalized spacial score (nSPS) is 14.3. The molecule has 3 aromatic rings. The van der Waals surface area contributed by atoms with Crippen LogP contribution in [-0.2, 0) is 0 Å². The largest absolute Gasteiger partial charge is 0.322 e. The first-order valence-electron chi connectivity index (χ1n) is 10.5. The molecular weight excluding hydrogens is 431 g/mol. The molecule has 1 aromatic heterocycles. The van der Waals surface area contributed by atoms with Crippen molar-refractivity contribution in [3.8, 4) is 5.69 Å². The van der Waals surface area contributed by atoms with E-state index in [2.05, 4.69) is 53.8 Å². The van der Waals surface area contributed by atoms with E-state index < -0.39 is 0 Å². The van der Waals surface area contributed by atoms with Gasteiger partial charge in [-0.15, -0.1) is 12.4 Å². The van der Waals surface area contributed by atoms with E-state index in [0.29, 0.717) is 22.2 Å². The fraction of sp³-hybridized carbons (Fsp3) is 0.333. The summed E-state index contributed by atoms with van der Waals surface area (Å²) in [6, 6.07) is 15.7. The van der Waals surface area contributed by atoms with E-state index >= 15 is 0 Å². The van der Waals surface area contributed by atoms with Crippen molar-refractivity contribution in [3.05, 3.63) is 76.6 Å². The molecule has 2 heterocycles. The number of nitrogens with one attached hydrogen (secondary N) is 2. The first-order valence-corrected chi connectivity index (χ1v) is 10.9. The van der Waals surface area contributed by atoms with Gasteiger partial charge in [-0.2, -0.15) is 5.10 Å². The summed E-state index contributed by atoms with van der Waals surface area (Å²) in [5, 5.41) is 11.6. The summed E-state index contributed by atoms with van der Waals surface area (Å²) in [4.78, 5) is 13.2. The van der Waals surface area contributed by atoms with Crippen LogP contribution >= 0.6 is 24.0 Å². The van der Waals surface area contributed by atoms with Crippen molar-refractivity contribution in [2.75, 3.05) is 18.4 Å². The number of nitrogens with zero attached hydrogens (tertiary/aromatic N) is 2. The Labute approximate surface area is 194 Å². The molecule has 1 amide bonds. The molecule has 0 spiro atoms. The van der Waals surface area contributed by atoms with Crippen LogP contribution in [0.5, 0.6) is 0 Å². The maximum Gasteiger partial charge on any atom is 0.259 e. The van der Waals surface area contributed by atoms with Crippen molar-refractivity contribution >= 4 is 35.6 Å². The SMILES string of the molecule is CC(C)c1ccc(-n2ncc(C(=O)Nc3cccc(Cl)c3)c2C2CCNCC2)cc1.Cl. The van der Waals surface area contributed by atoms with Crippen LogP contribution in [-0.4, -0.2) is 28.8 Å². The van der Waals surface area contributed by atoms with Crippen LogP contribution in [0, 0.1) is 0 Å². The van der Waals surface area contributed by atoms with Crippen molar-refractivity contribution < 1.29 is 4.79 Å². The minimum Gasteiger partial charge on any atom is -0.322 e. The lowest BCUT2D eigenvalue weighted by Crippen LogP contribution is -2.29. The van der Waals surface area contributed by atoms with Gasteiger partial charge in [-0.25, -0.2) is 4.68 Å². The van der Waals surface area contributed by atoms with Gasteiger partial charge in [0.1, 0.15) is 0 Å². The van der Waals surface area contributed by atoms with Gasteiger partial charge in [-0.05, 0) is 67.7 Å². The summed E-state index contributed by atoms with van der Waals surface area (Å²) in [6.07, 6.45) is 3.65. The predicted octanol–water partition coefficient (Wildman–Crippen LogP) is 5.79. The molecule has 164 valence electrons. The van der Waals surface area contributed by atoms with Gasteiger partial charge in [0.25, 0.3) is 5.91 Å². The second kappa shape index (κ2) is 10.3. The average molecular weight is 459 g/mol. The maximum absolute atomic E-state index is 13.2. The number of amides is 1. The van der Waals surface area contributed by atoms with E-state index in [-0.39, 0.29) is 24.2 Å². The topological polar surface area (TPSA) is 59.0 Å². The Kier molecular flexibility index (Phi) is 7.76. The number of anilines is 1. The monoisotopic (exact) mass is 458 g/mol. The minimum absolute atomic E-state index is 0. The number of aromatic nitrogens is 2. The molecule has 0 bridgehead atoms. The number of hydrogen-bond donors (Lipinski definition) is 2. The molecule has 1 aliphatic heterocycles. The molecule has 0 aliphatic carbocycles. The first kappa shape index (κ1) is 23.3. The van der Waals surface area contributed by atoms with E-state index in [1.54, 1.807) is 18.3 Å². The molecule has 2 aromatic carbocycles. The van der Waals surface area contributed by atoms with Crippen LogP contribution < -0.4 is 10.6 Å². The van der Waals surface area contributed by atoms with Gasteiger partial charge in [0.2, 0.25) is 0 Å². The highest BCUT2D eigenvalue weighted by atomic mass is 35.5. The van der Waals surface area contributed by atoms with Crippen molar-refractivity contribution in [2.24, 2.45) is 0 Å². The molecule has 2 N–H and O–H groups in total. The van der Waals surface area contributed by atoms with Crippen molar-refractivity contribution in [2.45, 2.75) is 38.5 Å². The zero-order valence-corrected chi connectivity index (χ0v) is 19.3. The van der Waals surface area contributed by atoms with Crippen molar-refractivity contribution in [1.82, 2.24) is 15.1 Å². The zero-order chi connectivity index (χ0) is 21.1. The maximum atomic E-state index is 13.2. The second-order valence-corrected chi connectivity index (χ2v) is 8.53. The summed E-state index contributed by atoms with van der Waals surface area (Å²) >= 11 is 6.07. The van der Waals surface area contributed by atoms with Crippen LogP contribution in [0.2, 0.25) is 5.02 Å². The third kappa shape index (κ3) is 5.29. The van der Waals surface area contributed by atoms with Gasteiger partial charge in [0.15, 0.2) is 0 Å². The fourth-order valence-electron chi connectivity index (χ4n) is 3.99. The number of carbonyl (C=O) groups excluding carboxylic acids is 1. The van der Waals surface area contributed by atoms with Crippen molar-refractivity contribution in [1.29, 1.82) is 0 Å². The summed E-state index contributed by atoms with van der Waals surface area (Å²) in [6.45, 7) is 6.25. The highest BCUT2D eigenvalue weighted by Crippen LogP contribution is 2.31. The number of benzene rings is 2. The van der Waals surface area contributed by atoms with Crippen LogP contribution in [0.25, 0.3) is 5.69 Å². The van der Waals surface area contributed by atoms with E-state index in [4.69, 9.17) is 11.6 Å². The predicted molar refractivity (Wildman–Crippen MR) is 129 cm³/mol. The van der Waals surface area contributed by atoms with Crippen LogP contribution in [0.15, 0.2) is 54.7 Å². The molecule has 5 nitrogen and oxygen atoms in total. The highest BCUT2D eigenvalue weighted by Gasteiger charge is 2.27. The lowest BCUT2D eigenvalue weighted by molar-refractivity contribution is 0.102. The van der Waals surface area contributed by atoms with Gasteiger partial charge < -0.3 is 10.6 Å². The Morgan fingerprint density at radius 2 is 1.87 bits per heavy atom. The summed E-state index contributed by atoms with van der Waals surface area (Å²) in [7, 11) is 0. The van der Waals surface area contributed by atoms with Gasteiger partial charge in [-0.3, -0.25) is 4.79 Å². The summed E-state index contributed by atoms with van der Waals surface area (Å²) in [5.74, 6) is 0.592. The van der Waals surface area contributed by atoms with E-state index in [1.165, 1.54) is 5.56 Å². The number of hydrogen-bond acceptors (Lipinski definition) is 3. The summed E-state index contributed by atoms with van der Waals surface area (Å²) < 4.78 is 1.94. The Bertz CT molecular complexity index is 1020. The van der Waals surface area contributed by atoms with E-state index in [9.17, 15) is 4.79 Å². The number of halogens is 2. The average Bonchev–Trinajstić information content (AvgIpc) is 3.20. The van der Waals surface area contributed by atoms with Crippen LogP contribution in [0.4, 0.5) is 5.69 Å². The quantitative estimate of drug-likeness (QED) is 0.508. The Hall–Kier alpha value is -2.34. The number of rotatable bonds is 5. The number of piperidine rings is 1. The third-order valence-corrected chi connectivity index (χ3v) is 5.90. The minimum atomic E-state index is -0.157. The summed E-state index contributed by atoms with van der Waals surface area (Å²) in [5.41, 5.74) is 4.55. The molecule has 0 unspecified atom stereocenters. The Morgan fingerprint density at radius 3 is 2.52 bits per heavy atom. The van der Waals surface area contributed by atoms with Crippen LogP contribution in [0.3, 0.4) is 0 Å².